The molecule has 3 aliphatic rings. The largest absolute Gasteiger partial charge is 0.508 e. The monoisotopic (exact) mass is 351 g/mol. The van der Waals surface area contributed by atoms with E-state index in [4.69, 9.17) is 4.42 Å². The summed E-state index contributed by atoms with van der Waals surface area (Å²) in [6, 6.07) is 11.0. The second-order valence-electron chi connectivity index (χ2n) is 8.56. The van der Waals surface area contributed by atoms with E-state index in [1.807, 2.05) is 6.07 Å². The predicted octanol–water partition coefficient (Wildman–Crippen LogP) is 4.81. The molecule has 0 spiro atoms. The van der Waals surface area contributed by atoms with Gasteiger partial charge in [-0.15, -0.1) is 0 Å². The van der Waals surface area contributed by atoms with Crippen molar-refractivity contribution in [1.29, 1.82) is 0 Å². The Morgan fingerprint density at radius 2 is 2.04 bits per heavy atom. The molecule has 1 N–H and O–H groups in total. The van der Waals surface area contributed by atoms with Gasteiger partial charge in [0, 0.05) is 17.9 Å². The fourth-order valence-electron chi connectivity index (χ4n) is 6.17. The Balaban J connectivity index is 1.50. The molecule has 0 amide bonds. The molecule has 138 valence electrons. The van der Waals surface area contributed by atoms with E-state index in [0.29, 0.717) is 17.2 Å². The van der Waals surface area contributed by atoms with Crippen LogP contribution in [0.3, 0.4) is 0 Å². The maximum Gasteiger partial charge on any atom is 0.118 e. The fraction of sp³-hybridized carbons (Fsp3) is 0.565. The molecule has 0 radical (unpaired) electrons. The third kappa shape index (κ3) is 2.44. The van der Waals surface area contributed by atoms with Crippen molar-refractivity contribution in [3.05, 3.63) is 53.0 Å². The maximum absolute atomic E-state index is 10.1. The van der Waals surface area contributed by atoms with Gasteiger partial charge in [-0.3, -0.25) is 4.90 Å². The van der Waals surface area contributed by atoms with Gasteiger partial charge in [-0.2, -0.15) is 0 Å². The van der Waals surface area contributed by atoms with E-state index in [9.17, 15) is 5.11 Å². The molecule has 1 saturated carbocycles. The van der Waals surface area contributed by atoms with E-state index in [0.717, 1.165) is 43.4 Å². The lowest BCUT2D eigenvalue weighted by Gasteiger charge is -2.59. The average Bonchev–Trinajstić information content (AvgIpc) is 3.12. The molecule has 0 unspecified atom stereocenters. The number of hydrogen-bond donors (Lipinski definition) is 1. The topological polar surface area (TPSA) is 36.6 Å². The zero-order chi connectivity index (χ0) is 17.7. The highest BCUT2D eigenvalue weighted by atomic mass is 16.3. The molecule has 26 heavy (non-hydrogen) atoms. The smallest absolute Gasteiger partial charge is 0.118 e. The summed E-state index contributed by atoms with van der Waals surface area (Å²) in [5.41, 5.74) is 3.22. The first-order chi connectivity index (χ1) is 12.7. The van der Waals surface area contributed by atoms with E-state index < -0.39 is 0 Å². The minimum atomic E-state index is 0.295. The SMILES string of the molecule is CCc1ccc(CN2CC[C@]34CCCC[C@H]3[C@H]2Cc2ccc(O)cc24)o1. The van der Waals surface area contributed by atoms with Crippen LogP contribution < -0.4 is 0 Å². The van der Waals surface area contributed by atoms with Crippen LogP contribution in [0.1, 0.15) is 61.7 Å². The minimum Gasteiger partial charge on any atom is -0.508 e. The van der Waals surface area contributed by atoms with Gasteiger partial charge < -0.3 is 9.52 Å². The van der Waals surface area contributed by atoms with Crippen molar-refractivity contribution >= 4 is 0 Å². The number of fused-ring (bicyclic) bond motifs is 1. The van der Waals surface area contributed by atoms with Gasteiger partial charge in [0.15, 0.2) is 0 Å². The molecule has 5 rings (SSSR count). The lowest BCUT2D eigenvalue weighted by Crippen LogP contribution is -2.60. The first-order valence-electron chi connectivity index (χ1n) is 10.3. The van der Waals surface area contributed by atoms with Crippen molar-refractivity contribution in [1.82, 2.24) is 4.90 Å². The summed E-state index contributed by atoms with van der Waals surface area (Å²) in [6.07, 6.45) is 8.59. The van der Waals surface area contributed by atoms with Crippen molar-refractivity contribution in [3.63, 3.8) is 0 Å². The van der Waals surface area contributed by atoms with Crippen molar-refractivity contribution in [2.75, 3.05) is 6.54 Å². The molecule has 1 aromatic carbocycles. The Morgan fingerprint density at radius 1 is 1.15 bits per heavy atom. The number of nitrogens with zero attached hydrogens (tertiary/aromatic N) is 1. The van der Waals surface area contributed by atoms with Gasteiger partial charge >= 0.3 is 0 Å². The lowest BCUT2D eigenvalue weighted by atomic mass is 9.52. The number of aromatic hydroxyl groups is 1. The minimum absolute atomic E-state index is 0.295. The van der Waals surface area contributed by atoms with Crippen LogP contribution in [0.4, 0.5) is 0 Å². The van der Waals surface area contributed by atoms with Crippen LogP contribution in [0, 0.1) is 5.92 Å². The van der Waals surface area contributed by atoms with Gasteiger partial charge in [0.1, 0.15) is 17.3 Å². The molecule has 1 aromatic heterocycles. The van der Waals surface area contributed by atoms with Crippen molar-refractivity contribution < 1.29 is 9.52 Å². The number of furan rings is 1. The number of rotatable bonds is 3. The molecular weight excluding hydrogens is 322 g/mol. The van der Waals surface area contributed by atoms with Crippen molar-refractivity contribution in [2.24, 2.45) is 5.92 Å². The molecule has 2 bridgehead atoms. The maximum atomic E-state index is 10.1. The van der Waals surface area contributed by atoms with E-state index in [2.05, 4.69) is 36.1 Å². The van der Waals surface area contributed by atoms with Gasteiger partial charge in [0.05, 0.1) is 6.54 Å². The summed E-state index contributed by atoms with van der Waals surface area (Å²) in [4.78, 5) is 2.68. The lowest BCUT2D eigenvalue weighted by molar-refractivity contribution is -0.0186. The molecule has 2 fully saturated rings. The highest BCUT2D eigenvalue weighted by molar-refractivity contribution is 5.45. The summed E-state index contributed by atoms with van der Waals surface area (Å²) in [5.74, 6) is 3.36. The third-order valence-corrected chi connectivity index (χ3v) is 7.36. The van der Waals surface area contributed by atoms with Crippen molar-refractivity contribution in [2.45, 2.75) is 69.9 Å². The Hall–Kier alpha value is -1.74. The molecule has 1 saturated heterocycles. The molecule has 2 heterocycles. The van der Waals surface area contributed by atoms with Gasteiger partial charge in [0.2, 0.25) is 0 Å². The second kappa shape index (κ2) is 6.16. The molecule has 1 aliphatic heterocycles. The zero-order valence-electron chi connectivity index (χ0n) is 15.7. The predicted molar refractivity (Wildman–Crippen MR) is 102 cm³/mol. The molecule has 2 aliphatic carbocycles. The Labute approximate surface area is 156 Å². The summed E-state index contributed by atoms with van der Waals surface area (Å²) in [6.45, 7) is 4.22. The number of piperidine rings is 1. The van der Waals surface area contributed by atoms with Crippen LogP contribution in [-0.4, -0.2) is 22.6 Å². The molecule has 2 aromatic rings. The summed E-state index contributed by atoms with van der Waals surface area (Å²) >= 11 is 0. The van der Waals surface area contributed by atoms with Crippen LogP contribution in [0.5, 0.6) is 5.75 Å². The Bertz CT molecular complexity index is 810. The van der Waals surface area contributed by atoms with Crippen LogP contribution in [0.25, 0.3) is 0 Å². The van der Waals surface area contributed by atoms with E-state index in [-0.39, 0.29) is 0 Å². The van der Waals surface area contributed by atoms with E-state index in [1.54, 1.807) is 0 Å². The fourth-order valence-corrected chi connectivity index (χ4v) is 6.17. The van der Waals surface area contributed by atoms with Gasteiger partial charge in [0.25, 0.3) is 0 Å². The second-order valence-corrected chi connectivity index (χ2v) is 8.56. The van der Waals surface area contributed by atoms with E-state index >= 15 is 0 Å². The normalized spacial score (nSPS) is 30.7. The summed E-state index contributed by atoms with van der Waals surface area (Å²) in [7, 11) is 0. The number of aryl methyl sites for hydroxylation is 1. The highest BCUT2D eigenvalue weighted by Gasteiger charge is 2.53. The molecule has 3 atom stereocenters. The highest BCUT2D eigenvalue weighted by Crippen LogP contribution is 2.56. The number of hydrogen-bond acceptors (Lipinski definition) is 3. The summed E-state index contributed by atoms with van der Waals surface area (Å²) in [5, 5.41) is 10.1. The van der Waals surface area contributed by atoms with E-state index in [1.165, 1.54) is 43.2 Å². The number of benzene rings is 1. The van der Waals surface area contributed by atoms with Crippen molar-refractivity contribution in [3.8, 4) is 5.75 Å². The number of likely N-dealkylation sites (tertiary alicyclic amines) is 1. The molecule has 3 nitrogen and oxygen atoms in total. The van der Waals surface area contributed by atoms with Crippen LogP contribution in [0.15, 0.2) is 34.7 Å². The first kappa shape index (κ1) is 16.4. The number of phenolic OH excluding ortho intramolecular Hbond substituents is 1. The molecular formula is C23H29NO2. The summed E-state index contributed by atoms with van der Waals surface area (Å²) < 4.78 is 6.02. The quantitative estimate of drug-likeness (QED) is 0.862. The van der Waals surface area contributed by atoms with Gasteiger partial charge in [-0.1, -0.05) is 25.8 Å². The van der Waals surface area contributed by atoms with Crippen LogP contribution in [0.2, 0.25) is 0 Å². The zero-order valence-corrected chi connectivity index (χ0v) is 15.7. The molecule has 3 heteroatoms. The van der Waals surface area contributed by atoms with Gasteiger partial charge in [-0.05, 0) is 73.5 Å². The van der Waals surface area contributed by atoms with Crippen LogP contribution in [-0.2, 0) is 24.8 Å². The Morgan fingerprint density at radius 3 is 2.88 bits per heavy atom. The average molecular weight is 351 g/mol. The van der Waals surface area contributed by atoms with Crippen LogP contribution >= 0.6 is 0 Å². The standard InChI is InChI=1S/C23H29NO2/c1-2-18-8-9-19(26-18)15-24-12-11-23-10-4-3-5-20(23)22(24)13-16-6-7-17(25)14-21(16)23/h6-9,14,20,22,25H,2-5,10-13,15H2,1H3/t20-,22+,23+/m0/s1. The third-order valence-electron chi connectivity index (χ3n) is 7.36. The Kier molecular flexibility index (Phi) is 3.89. The number of phenols is 1. The first-order valence-corrected chi connectivity index (χ1v) is 10.3. The van der Waals surface area contributed by atoms with Gasteiger partial charge in [-0.25, -0.2) is 0 Å².